The van der Waals surface area contributed by atoms with Crippen molar-refractivity contribution in [3.05, 3.63) is 45.3 Å². The summed E-state index contributed by atoms with van der Waals surface area (Å²) in [5.41, 5.74) is 1.28. The number of aromatic amines is 1. The Morgan fingerprint density at radius 3 is 2.88 bits per heavy atom. The third kappa shape index (κ3) is 2.87. The van der Waals surface area contributed by atoms with Crippen molar-refractivity contribution in [1.29, 1.82) is 0 Å². The largest absolute Gasteiger partial charge is 0.356 e. The van der Waals surface area contributed by atoms with Crippen molar-refractivity contribution < 1.29 is 4.79 Å². The highest BCUT2D eigenvalue weighted by molar-refractivity contribution is 9.10. The van der Waals surface area contributed by atoms with Crippen LogP contribution in [0.25, 0.3) is 0 Å². The van der Waals surface area contributed by atoms with Gasteiger partial charge in [-0.15, -0.1) is 0 Å². The van der Waals surface area contributed by atoms with Crippen molar-refractivity contribution in [2.75, 3.05) is 5.32 Å². The molecular weight excluding hydrogens is 305 g/mol. The zero-order chi connectivity index (χ0) is 12.4. The minimum atomic E-state index is -0.269. The zero-order valence-corrected chi connectivity index (χ0v) is 11.3. The average Bonchev–Trinajstić information content (AvgIpc) is 2.69. The molecule has 0 saturated heterocycles. The normalized spacial score (nSPS) is 10.3. The Hall–Kier alpha value is -1.33. The summed E-state index contributed by atoms with van der Waals surface area (Å²) in [6.07, 6.45) is 3.18. The second-order valence-electron chi connectivity index (χ2n) is 3.50. The predicted molar refractivity (Wildman–Crippen MR) is 70.4 cm³/mol. The molecule has 17 heavy (non-hydrogen) atoms. The van der Waals surface area contributed by atoms with E-state index in [1.807, 2.05) is 13.0 Å². The van der Waals surface area contributed by atoms with E-state index in [1.165, 1.54) is 0 Å². The minimum Gasteiger partial charge on any atom is -0.356 e. The van der Waals surface area contributed by atoms with Gasteiger partial charge in [-0.05, 0) is 40.5 Å². The number of rotatable bonds is 2. The second-order valence-corrected chi connectivity index (χ2v) is 4.86. The molecule has 0 aliphatic heterocycles. The number of nitrogens with zero attached hydrogens (tertiary/aromatic N) is 1. The molecule has 0 fully saturated rings. The molecule has 0 aromatic carbocycles. The van der Waals surface area contributed by atoms with E-state index < -0.39 is 0 Å². The van der Waals surface area contributed by atoms with Gasteiger partial charge in [-0.2, -0.15) is 0 Å². The van der Waals surface area contributed by atoms with Crippen LogP contribution in [-0.4, -0.2) is 15.9 Å². The fourth-order valence-corrected chi connectivity index (χ4v) is 1.95. The third-order valence-corrected chi connectivity index (χ3v) is 2.82. The molecule has 0 aliphatic rings. The summed E-state index contributed by atoms with van der Waals surface area (Å²) in [5, 5.41) is 3.20. The molecule has 0 bridgehead atoms. The monoisotopic (exact) mass is 313 g/mol. The molecule has 0 unspecified atom stereocenters. The van der Waals surface area contributed by atoms with Crippen LogP contribution in [0.15, 0.2) is 29.0 Å². The van der Waals surface area contributed by atoms with Gasteiger partial charge in [-0.1, -0.05) is 11.6 Å². The molecule has 2 rings (SSSR count). The Morgan fingerprint density at radius 2 is 2.29 bits per heavy atom. The quantitative estimate of drug-likeness (QED) is 0.892. The number of carbonyl (C=O) groups is 1. The van der Waals surface area contributed by atoms with Crippen LogP contribution in [0.5, 0.6) is 0 Å². The van der Waals surface area contributed by atoms with Gasteiger partial charge in [0.05, 0.1) is 5.02 Å². The number of amides is 1. The maximum atomic E-state index is 11.8. The van der Waals surface area contributed by atoms with Crippen LogP contribution in [0, 0.1) is 6.92 Å². The van der Waals surface area contributed by atoms with E-state index in [9.17, 15) is 4.79 Å². The number of carbonyl (C=O) groups excluding carboxylic acids is 1. The van der Waals surface area contributed by atoms with Gasteiger partial charge >= 0.3 is 0 Å². The molecule has 1 amide bonds. The summed E-state index contributed by atoms with van der Waals surface area (Å²) in [7, 11) is 0. The van der Waals surface area contributed by atoms with E-state index in [0.717, 1.165) is 10.0 Å². The number of hydrogen-bond donors (Lipinski definition) is 2. The number of H-pyrrole nitrogens is 1. The van der Waals surface area contributed by atoms with Gasteiger partial charge in [0.1, 0.15) is 11.5 Å². The SMILES string of the molecule is Cc1cc(Br)cnc1NC(=O)c1cc(Cl)c[nH]1. The highest BCUT2D eigenvalue weighted by Crippen LogP contribution is 2.18. The zero-order valence-electron chi connectivity index (χ0n) is 8.92. The summed E-state index contributed by atoms with van der Waals surface area (Å²) in [6, 6.07) is 3.44. The Morgan fingerprint density at radius 1 is 1.53 bits per heavy atom. The molecule has 2 aromatic heterocycles. The number of aromatic nitrogens is 2. The van der Waals surface area contributed by atoms with E-state index >= 15 is 0 Å². The van der Waals surface area contributed by atoms with E-state index in [2.05, 4.69) is 31.2 Å². The average molecular weight is 315 g/mol. The fourth-order valence-electron chi connectivity index (χ4n) is 1.35. The first-order valence-electron chi connectivity index (χ1n) is 4.83. The molecule has 0 atom stereocenters. The Bertz CT molecular complexity index is 568. The van der Waals surface area contributed by atoms with Gasteiger partial charge in [0.25, 0.3) is 5.91 Å². The number of hydrogen-bond acceptors (Lipinski definition) is 2. The van der Waals surface area contributed by atoms with Crippen LogP contribution < -0.4 is 5.32 Å². The minimum absolute atomic E-state index is 0.269. The second kappa shape index (κ2) is 4.89. The molecule has 0 spiro atoms. The summed E-state index contributed by atoms with van der Waals surface area (Å²) in [6.45, 7) is 1.87. The summed E-state index contributed by atoms with van der Waals surface area (Å²) in [4.78, 5) is 18.7. The van der Waals surface area contributed by atoms with Crippen LogP contribution in [0.2, 0.25) is 5.02 Å². The van der Waals surface area contributed by atoms with Crippen molar-refractivity contribution in [2.45, 2.75) is 6.92 Å². The van der Waals surface area contributed by atoms with Gasteiger partial charge in [0.15, 0.2) is 0 Å². The molecule has 0 aliphatic carbocycles. The lowest BCUT2D eigenvalue weighted by Crippen LogP contribution is -2.14. The lowest BCUT2D eigenvalue weighted by Gasteiger charge is -2.06. The summed E-state index contributed by atoms with van der Waals surface area (Å²) in [5.74, 6) is 0.263. The van der Waals surface area contributed by atoms with Crippen LogP contribution in [0.1, 0.15) is 16.1 Å². The maximum Gasteiger partial charge on any atom is 0.273 e. The fraction of sp³-hybridized carbons (Fsp3) is 0.0909. The molecule has 0 radical (unpaired) electrons. The topological polar surface area (TPSA) is 57.8 Å². The van der Waals surface area contributed by atoms with Gasteiger partial charge < -0.3 is 10.3 Å². The van der Waals surface area contributed by atoms with Crippen LogP contribution in [0.3, 0.4) is 0 Å². The predicted octanol–water partition coefficient (Wildman–Crippen LogP) is 3.39. The van der Waals surface area contributed by atoms with Crippen LogP contribution in [-0.2, 0) is 0 Å². The van der Waals surface area contributed by atoms with Gasteiger partial charge in [0, 0.05) is 16.9 Å². The van der Waals surface area contributed by atoms with Crippen molar-refractivity contribution in [3.63, 3.8) is 0 Å². The number of halogens is 2. The smallest absolute Gasteiger partial charge is 0.273 e. The van der Waals surface area contributed by atoms with Gasteiger partial charge in [0.2, 0.25) is 0 Å². The van der Waals surface area contributed by atoms with E-state index in [0.29, 0.717) is 16.5 Å². The van der Waals surface area contributed by atoms with Crippen LogP contribution >= 0.6 is 27.5 Å². The first-order chi connectivity index (χ1) is 8.06. The van der Waals surface area contributed by atoms with Crippen LogP contribution in [0.4, 0.5) is 5.82 Å². The molecule has 2 N–H and O–H groups in total. The first-order valence-corrected chi connectivity index (χ1v) is 6.01. The molecular formula is C11H9BrClN3O. The van der Waals surface area contributed by atoms with Gasteiger partial charge in [-0.25, -0.2) is 4.98 Å². The first kappa shape index (κ1) is 12.1. The summed E-state index contributed by atoms with van der Waals surface area (Å²) >= 11 is 9.04. The summed E-state index contributed by atoms with van der Waals surface area (Å²) < 4.78 is 0.871. The van der Waals surface area contributed by atoms with E-state index in [4.69, 9.17) is 11.6 Å². The Balaban J connectivity index is 2.18. The number of nitrogens with one attached hydrogen (secondary N) is 2. The Kier molecular flexibility index (Phi) is 3.49. The van der Waals surface area contributed by atoms with Crippen molar-refractivity contribution in [1.82, 2.24) is 9.97 Å². The maximum absolute atomic E-state index is 11.8. The van der Waals surface area contributed by atoms with E-state index in [1.54, 1.807) is 18.5 Å². The number of pyridine rings is 1. The molecule has 0 saturated carbocycles. The van der Waals surface area contributed by atoms with Crippen molar-refractivity contribution >= 4 is 39.3 Å². The highest BCUT2D eigenvalue weighted by atomic mass is 79.9. The molecule has 2 aromatic rings. The third-order valence-electron chi connectivity index (χ3n) is 2.17. The Labute approximate surface area is 112 Å². The molecule has 2 heterocycles. The number of anilines is 1. The van der Waals surface area contributed by atoms with Crippen molar-refractivity contribution in [3.8, 4) is 0 Å². The standard InChI is InChI=1S/C11H9BrClN3O/c1-6-2-7(12)4-15-10(6)16-11(17)9-3-8(13)5-14-9/h2-5,14H,1H3,(H,15,16,17). The van der Waals surface area contributed by atoms with Crippen molar-refractivity contribution in [2.24, 2.45) is 0 Å². The van der Waals surface area contributed by atoms with Gasteiger partial charge in [-0.3, -0.25) is 4.79 Å². The number of aryl methyl sites for hydroxylation is 1. The molecule has 4 nitrogen and oxygen atoms in total. The molecule has 88 valence electrons. The lowest BCUT2D eigenvalue weighted by molar-refractivity contribution is 0.102. The highest BCUT2D eigenvalue weighted by Gasteiger charge is 2.10. The van der Waals surface area contributed by atoms with E-state index in [-0.39, 0.29) is 5.91 Å². The molecule has 6 heteroatoms. The lowest BCUT2D eigenvalue weighted by atomic mass is 10.3.